The van der Waals surface area contributed by atoms with Crippen LogP contribution in [0.25, 0.3) is 10.9 Å². The summed E-state index contributed by atoms with van der Waals surface area (Å²) in [5.74, 6) is 0.919. The molecule has 4 N–H and O–H groups in total. The highest BCUT2D eigenvalue weighted by molar-refractivity contribution is 6.42. The monoisotopic (exact) mass is 404 g/mol. The minimum Gasteiger partial charge on any atom is -0.497 e. The average Bonchev–Trinajstić information content (AvgIpc) is 2.89. The summed E-state index contributed by atoms with van der Waals surface area (Å²) in [6.45, 7) is 3.33. The lowest BCUT2D eigenvalue weighted by Gasteiger charge is -2.10. The van der Waals surface area contributed by atoms with Crippen molar-refractivity contribution in [3.63, 3.8) is 0 Å². The largest absolute Gasteiger partial charge is 0.497 e. The van der Waals surface area contributed by atoms with E-state index in [2.05, 4.69) is 28.6 Å². The molecule has 0 amide bonds. The number of nitrogens with two attached hydrogens (primary N) is 2. The van der Waals surface area contributed by atoms with Gasteiger partial charge in [0.15, 0.2) is 5.96 Å². The second-order valence-corrected chi connectivity index (χ2v) is 7.15. The number of aliphatic imine (C=N–C) groups is 1. The Balaban J connectivity index is 2.06. The number of ether oxygens (including phenoxy) is 1. The molecule has 1 aromatic heterocycles. The summed E-state index contributed by atoms with van der Waals surface area (Å²) in [4.78, 5) is 4.12. The van der Waals surface area contributed by atoms with E-state index in [1.807, 2.05) is 24.3 Å². The molecule has 2 aromatic carbocycles. The Morgan fingerprint density at radius 3 is 2.56 bits per heavy atom. The molecule has 0 saturated carbocycles. The second-order valence-electron chi connectivity index (χ2n) is 6.34. The first kappa shape index (κ1) is 19.4. The third kappa shape index (κ3) is 4.15. The van der Waals surface area contributed by atoms with Gasteiger partial charge in [0.2, 0.25) is 0 Å². The Hall–Kier alpha value is -2.37. The van der Waals surface area contributed by atoms with Crippen LogP contribution in [-0.2, 0) is 13.0 Å². The van der Waals surface area contributed by atoms with Gasteiger partial charge in [-0.3, -0.25) is 4.99 Å². The molecule has 0 unspecified atom stereocenters. The molecule has 3 rings (SSSR count). The van der Waals surface area contributed by atoms with Gasteiger partial charge in [-0.2, -0.15) is 0 Å². The van der Waals surface area contributed by atoms with Gasteiger partial charge in [0.1, 0.15) is 5.75 Å². The average molecular weight is 405 g/mol. The molecule has 3 aromatic rings. The van der Waals surface area contributed by atoms with Crippen molar-refractivity contribution in [3.8, 4) is 5.75 Å². The molecular weight excluding hydrogens is 383 g/mol. The van der Waals surface area contributed by atoms with Crippen molar-refractivity contribution in [2.75, 3.05) is 13.7 Å². The third-order valence-corrected chi connectivity index (χ3v) is 5.38. The first-order valence-electron chi connectivity index (χ1n) is 8.55. The van der Waals surface area contributed by atoms with Crippen LogP contribution >= 0.6 is 23.2 Å². The molecule has 27 heavy (non-hydrogen) atoms. The molecule has 0 aliphatic heterocycles. The summed E-state index contributed by atoms with van der Waals surface area (Å²) in [6.07, 6.45) is 0.738. The second kappa shape index (κ2) is 8.11. The van der Waals surface area contributed by atoms with Crippen LogP contribution < -0.4 is 16.2 Å². The Morgan fingerprint density at radius 1 is 1.11 bits per heavy atom. The summed E-state index contributed by atoms with van der Waals surface area (Å²) in [5.41, 5.74) is 15.5. The zero-order valence-electron chi connectivity index (χ0n) is 15.3. The fourth-order valence-corrected chi connectivity index (χ4v) is 3.62. The SMILES string of the molecule is COc1ccc2c(c1)c(CCN=C(N)N)c(C)n2Cc1ccc(Cl)c(Cl)c1. The number of methoxy groups -OCH3 is 1. The van der Waals surface area contributed by atoms with Gasteiger partial charge in [-0.15, -0.1) is 0 Å². The summed E-state index contributed by atoms with van der Waals surface area (Å²) in [7, 11) is 1.67. The van der Waals surface area contributed by atoms with Crippen LogP contribution in [0.2, 0.25) is 10.0 Å². The van der Waals surface area contributed by atoms with Gasteiger partial charge in [-0.25, -0.2) is 0 Å². The van der Waals surface area contributed by atoms with E-state index >= 15 is 0 Å². The lowest BCUT2D eigenvalue weighted by atomic mass is 10.1. The zero-order valence-corrected chi connectivity index (χ0v) is 16.8. The Morgan fingerprint density at radius 2 is 1.89 bits per heavy atom. The van der Waals surface area contributed by atoms with E-state index in [0.717, 1.165) is 34.3 Å². The van der Waals surface area contributed by atoms with Crippen molar-refractivity contribution < 1.29 is 4.74 Å². The first-order valence-corrected chi connectivity index (χ1v) is 9.31. The van der Waals surface area contributed by atoms with Crippen LogP contribution in [0, 0.1) is 6.92 Å². The number of aromatic nitrogens is 1. The quantitative estimate of drug-likeness (QED) is 0.478. The fourth-order valence-electron chi connectivity index (χ4n) is 3.29. The van der Waals surface area contributed by atoms with E-state index in [1.165, 1.54) is 5.56 Å². The maximum Gasteiger partial charge on any atom is 0.185 e. The van der Waals surface area contributed by atoms with E-state index in [4.69, 9.17) is 39.4 Å². The Bertz CT molecular complexity index is 1010. The van der Waals surface area contributed by atoms with Crippen LogP contribution in [-0.4, -0.2) is 24.2 Å². The van der Waals surface area contributed by atoms with Crippen LogP contribution in [0.5, 0.6) is 5.75 Å². The number of rotatable bonds is 6. The molecule has 142 valence electrons. The molecule has 0 atom stereocenters. The number of halogens is 2. The van der Waals surface area contributed by atoms with Crippen molar-refractivity contribution >= 4 is 40.1 Å². The number of benzene rings is 2. The number of guanidine groups is 1. The standard InChI is InChI=1S/C20H22Cl2N4O/c1-12-15(7-8-25-20(23)24)16-10-14(27-2)4-6-19(16)26(12)11-13-3-5-17(21)18(22)9-13/h3-6,9-10H,7-8,11H2,1-2H3,(H4,23,24,25). The lowest BCUT2D eigenvalue weighted by Crippen LogP contribution is -2.23. The number of hydrogen-bond acceptors (Lipinski definition) is 2. The molecular formula is C20H22Cl2N4O. The van der Waals surface area contributed by atoms with Gasteiger partial charge >= 0.3 is 0 Å². The van der Waals surface area contributed by atoms with Crippen LogP contribution in [0.15, 0.2) is 41.4 Å². The van der Waals surface area contributed by atoms with E-state index in [9.17, 15) is 0 Å². The molecule has 0 aliphatic rings. The molecule has 0 fully saturated rings. The number of fused-ring (bicyclic) bond motifs is 1. The fraction of sp³-hybridized carbons (Fsp3) is 0.250. The summed E-state index contributed by atoms with van der Waals surface area (Å²) in [5, 5.41) is 2.24. The van der Waals surface area contributed by atoms with Crippen LogP contribution in [0.4, 0.5) is 0 Å². The molecule has 0 saturated heterocycles. The molecule has 0 radical (unpaired) electrons. The van der Waals surface area contributed by atoms with Gasteiger partial charge in [-0.1, -0.05) is 29.3 Å². The topological polar surface area (TPSA) is 78.6 Å². The molecule has 7 heteroatoms. The minimum absolute atomic E-state index is 0.102. The first-order chi connectivity index (χ1) is 12.9. The van der Waals surface area contributed by atoms with E-state index in [-0.39, 0.29) is 5.96 Å². The van der Waals surface area contributed by atoms with Crippen molar-refractivity contribution in [3.05, 3.63) is 63.3 Å². The van der Waals surface area contributed by atoms with Crippen LogP contribution in [0.3, 0.4) is 0 Å². The van der Waals surface area contributed by atoms with Crippen molar-refractivity contribution in [2.45, 2.75) is 19.9 Å². The molecule has 1 heterocycles. The maximum absolute atomic E-state index is 6.18. The normalized spacial score (nSPS) is 11.0. The Labute approximate surface area is 168 Å². The minimum atomic E-state index is 0.102. The van der Waals surface area contributed by atoms with Gasteiger partial charge < -0.3 is 20.8 Å². The van der Waals surface area contributed by atoms with E-state index in [0.29, 0.717) is 23.1 Å². The zero-order chi connectivity index (χ0) is 19.6. The molecule has 0 spiro atoms. The number of nitrogens with zero attached hydrogens (tertiary/aromatic N) is 2. The summed E-state index contributed by atoms with van der Waals surface area (Å²) in [6, 6.07) is 11.8. The predicted octanol–water partition coefficient (Wildman–Crippen LogP) is 4.13. The number of hydrogen-bond donors (Lipinski definition) is 2. The third-order valence-electron chi connectivity index (χ3n) is 4.64. The van der Waals surface area contributed by atoms with Crippen LogP contribution in [0.1, 0.15) is 16.8 Å². The van der Waals surface area contributed by atoms with Crippen molar-refractivity contribution in [1.82, 2.24) is 4.57 Å². The Kier molecular flexibility index (Phi) is 5.82. The lowest BCUT2D eigenvalue weighted by molar-refractivity contribution is 0.415. The highest BCUT2D eigenvalue weighted by Crippen LogP contribution is 2.31. The summed E-state index contributed by atoms with van der Waals surface area (Å²) < 4.78 is 7.67. The molecule has 0 bridgehead atoms. The smallest absolute Gasteiger partial charge is 0.185 e. The van der Waals surface area contributed by atoms with Gasteiger partial charge in [0.05, 0.1) is 17.2 Å². The predicted molar refractivity (Wildman–Crippen MR) is 113 cm³/mol. The summed E-state index contributed by atoms with van der Waals surface area (Å²) >= 11 is 12.2. The van der Waals surface area contributed by atoms with Gasteiger partial charge in [0, 0.05) is 29.7 Å². The highest BCUT2D eigenvalue weighted by atomic mass is 35.5. The van der Waals surface area contributed by atoms with E-state index in [1.54, 1.807) is 7.11 Å². The van der Waals surface area contributed by atoms with Crippen molar-refractivity contribution in [2.24, 2.45) is 16.5 Å². The maximum atomic E-state index is 6.18. The highest BCUT2D eigenvalue weighted by Gasteiger charge is 2.15. The molecule has 0 aliphatic carbocycles. The van der Waals surface area contributed by atoms with Gasteiger partial charge in [-0.05, 0) is 54.8 Å². The molecule has 5 nitrogen and oxygen atoms in total. The van der Waals surface area contributed by atoms with Gasteiger partial charge in [0.25, 0.3) is 0 Å². The van der Waals surface area contributed by atoms with Crippen molar-refractivity contribution in [1.29, 1.82) is 0 Å². The van der Waals surface area contributed by atoms with E-state index < -0.39 is 0 Å².